The number of ether oxygens (including phenoxy) is 1. The first kappa shape index (κ1) is 14.1. The third-order valence-electron chi connectivity index (χ3n) is 2.24. The SMILES string of the molecule is O=C(Oc1c(Cl)cc(Cl)cc1Cl)c1ccc(F)cc1. The van der Waals surface area contributed by atoms with Gasteiger partial charge in [0.2, 0.25) is 0 Å². The molecule has 0 heterocycles. The van der Waals surface area contributed by atoms with E-state index in [-0.39, 0.29) is 21.4 Å². The summed E-state index contributed by atoms with van der Waals surface area (Å²) in [4.78, 5) is 11.8. The molecule has 0 atom stereocenters. The first-order valence-corrected chi connectivity index (χ1v) is 6.23. The van der Waals surface area contributed by atoms with Crippen LogP contribution in [0, 0.1) is 5.82 Å². The second kappa shape index (κ2) is 5.78. The van der Waals surface area contributed by atoms with Gasteiger partial charge >= 0.3 is 5.97 Å². The number of rotatable bonds is 2. The molecule has 0 bridgehead atoms. The zero-order chi connectivity index (χ0) is 14.0. The average Bonchev–Trinajstić information content (AvgIpc) is 2.34. The van der Waals surface area contributed by atoms with Gasteiger partial charge in [-0.15, -0.1) is 0 Å². The molecule has 2 nitrogen and oxygen atoms in total. The van der Waals surface area contributed by atoms with E-state index < -0.39 is 11.8 Å². The Morgan fingerprint density at radius 2 is 1.53 bits per heavy atom. The third kappa shape index (κ3) is 3.38. The Balaban J connectivity index is 2.26. The van der Waals surface area contributed by atoms with E-state index in [0.717, 1.165) is 12.1 Å². The number of carbonyl (C=O) groups is 1. The Morgan fingerprint density at radius 1 is 1.00 bits per heavy atom. The maximum Gasteiger partial charge on any atom is 0.343 e. The first-order valence-electron chi connectivity index (χ1n) is 5.09. The number of halogens is 4. The summed E-state index contributed by atoms with van der Waals surface area (Å²) in [6.45, 7) is 0. The number of hydrogen-bond donors (Lipinski definition) is 0. The van der Waals surface area contributed by atoms with Crippen LogP contribution in [0.25, 0.3) is 0 Å². The van der Waals surface area contributed by atoms with Crippen molar-refractivity contribution in [1.82, 2.24) is 0 Å². The molecule has 2 aromatic rings. The minimum atomic E-state index is -0.689. The fourth-order valence-electron chi connectivity index (χ4n) is 1.36. The molecule has 0 radical (unpaired) electrons. The normalized spacial score (nSPS) is 10.3. The maximum atomic E-state index is 12.7. The quantitative estimate of drug-likeness (QED) is 0.575. The van der Waals surface area contributed by atoms with E-state index in [2.05, 4.69) is 0 Å². The highest BCUT2D eigenvalue weighted by molar-refractivity contribution is 6.40. The van der Waals surface area contributed by atoms with E-state index in [4.69, 9.17) is 39.5 Å². The van der Waals surface area contributed by atoms with Gasteiger partial charge in [-0.25, -0.2) is 9.18 Å². The number of carbonyl (C=O) groups excluding carboxylic acids is 1. The number of esters is 1. The summed E-state index contributed by atoms with van der Waals surface area (Å²) < 4.78 is 17.8. The van der Waals surface area contributed by atoms with Gasteiger partial charge in [-0.1, -0.05) is 34.8 Å². The second-order valence-electron chi connectivity index (χ2n) is 3.59. The lowest BCUT2D eigenvalue weighted by molar-refractivity contribution is 0.0735. The smallest absolute Gasteiger partial charge is 0.343 e. The first-order chi connectivity index (χ1) is 8.97. The zero-order valence-corrected chi connectivity index (χ0v) is 11.6. The summed E-state index contributed by atoms with van der Waals surface area (Å²) in [6, 6.07) is 7.72. The molecule has 0 aromatic heterocycles. The predicted molar refractivity (Wildman–Crippen MR) is 72.8 cm³/mol. The highest BCUT2D eigenvalue weighted by atomic mass is 35.5. The van der Waals surface area contributed by atoms with Crippen molar-refractivity contribution >= 4 is 40.8 Å². The monoisotopic (exact) mass is 318 g/mol. The standard InChI is InChI=1S/C13H6Cl3FO2/c14-8-5-10(15)12(11(16)6-8)19-13(18)7-1-3-9(17)4-2-7/h1-6H. The van der Waals surface area contributed by atoms with E-state index in [9.17, 15) is 9.18 Å². The molecule has 19 heavy (non-hydrogen) atoms. The minimum Gasteiger partial charge on any atom is -0.420 e. The molecule has 98 valence electrons. The predicted octanol–water partition coefficient (Wildman–Crippen LogP) is 5.01. The maximum absolute atomic E-state index is 12.7. The lowest BCUT2D eigenvalue weighted by Crippen LogP contribution is -2.09. The summed E-state index contributed by atoms with van der Waals surface area (Å²) in [6.07, 6.45) is 0. The largest absolute Gasteiger partial charge is 0.420 e. The van der Waals surface area contributed by atoms with Gasteiger partial charge < -0.3 is 4.74 Å². The van der Waals surface area contributed by atoms with Crippen LogP contribution in [0.3, 0.4) is 0 Å². The van der Waals surface area contributed by atoms with Gasteiger partial charge in [-0.3, -0.25) is 0 Å². The Labute approximate surface area is 123 Å². The lowest BCUT2D eigenvalue weighted by atomic mass is 10.2. The molecule has 2 rings (SSSR count). The Morgan fingerprint density at radius 3 is 2.05 bits per heavy atom. The molecule has 0 aliphatic heterocycles. The zero-order valence-electron chi connectivity index (χ0n) is 9.29. The van der Waals surface area contributed by atoms with Crippen LogP contribution in [0.5, 0.6) is 5.75 Å². The van der Waals surface area contributed by atoms with E-state index >= 15 is 0 Å². The molecule has 0 fully saturated rings. The van der Waals surface area contributed by atoms with Crippen LogP contribution in [0.2, 0.25) is 15.1 Å². The summed E-state index contributed by atoms with van der Waals surface area (Å²) in [5.41, 5.74) is 0.184. The van der Waals surface area contributed by atoms with Crippen LogP contribution in [-0.4, -0.2) is 5.97 Å². The van der Waals surface area contributed by atoms with E-state index in [1.54, 1.807) is 0 Å². The molecule has 0 N–H and O–H groups in total. The average molecular weight is 320 g/mol. The van der Waals surface area contributed by atoms with Gasteiger partial charge in [0.1, 0.15) is 5.82 Å². The molecular formula is C13H6Cl3FO2. The van der Waals surface area contributed by atoms with Crippen molar-refractivity contribution in [2.45, 2.75) is 0 Å². The van der Waals surface area contributed by atoms with Gasteiger partial charge in [0.15, 0.2) is 5.75 Å². The van der Waals surface area contributed by atoms with Crippen LogP contribution in [-0.2, 0) is 0 Å². The van der Waals surface area contributed by atoms with Gasteiger partial charge in [0, 0.05) is 5.02 Å². The summed E-state index contributed by atoms with van der Waals surface area (Å²) in [7, 11) is 0. The summed E-state index contributed by atoms with van der Waals surface area (Å²) in [5, 5.41) is 0.567. The van der Waals surface area contributed by atoms with Gasteiger partial charge in [0.05, 0.1) is 15.6 Å². The molecule has 2 aromatic carbocycles. The van der Waals surface area contributed by atoms with Crippen molar-refractivity contribution in [3.63, 3.8) is 0 Å². The van der Waals surface area contributed by atoms with Crippen molar-refractivity contribution in [2.24, 2.45) is 0 Å². The Bertz CT molecular complexity index is 603. The third-order valence-corrected chi connectivity index (χ3v) is 3.02. The van der Waals surface area contributed by atoms with Crippen LogP contribution in [0.1, 0.15) is 10.4 Å². The fraction of sp³-hybridized carbons (Fsp3) is 0. The van der Waals surface area contributed by atoms with Crippen molar-refractivity contribution in [1.29, 1.82) is 0 Å². The number of hydrogen-bond acceptors (Lipinski definition) is 2. The Hall–Kier alpha value is -1.29. The molecular weight excluding hydrogens is 313 g/mol. The molecule has 6 heteroatoms. The van der Waals surface area contributed by atoms with Crippen LogP contribution in [0.4, 0.5) is 4.39 Å². The fourth-order valence-corrected chi connectivity index (χ4v) is 2.26. The molecule has 0 aliphatic rings. The molecule has 0 aliphatic carbocycles. The van der Waals surface area contributed by atoms with Gasteiger partial charge in [-0.05, 0) is 36.4 Å². The highest BCUT2D eigenvalue weighted by Gasteiger charge is 2.15. The van der Waals surface area contributed by atoms with Gasteiger partial charge in [0.25, 0.3) is 0 Å². The van der Waals surface area contributed by atoms with Crippen molar-refractivity contribution in [3.05, 3.63) is 62.8 Å². The van der Waals surface area contributed by atoms with Crippen molar-refractivity contribution in [3.8, 4) is 5.75 Å². The summed E-state index contributed by atoms with van der Waals surface area (Å²) >= 11 is 17.5. The molecule has 0 saturated carbocycles. The molecule has 0 spiro atoms. The second-order valence-corrected chi connectivity index (χ2v) is 4.85. The van der Waals surface area contributed by atoms with Crippen LogP contribution >= 0.6 is 34.8 Å². The Kier molecular flexibility index (Phi) is 4.30. The van der Waals surface area contributed by atoms with Crippen molar-refractivity contribution < 1.29 is 13.9 Å². The minimum absolute atomic E-state index is 0.0158. The summed E-state index contributed by atoms with van der Waals surface area (Å²) in [5.74, 6) is -1.12. The van der Waals surface area contributed by atoms with E-state index in [1.165, 1.54) is 24.3 Å². The number of benzene rings is 2. The van der Waals surface area contributed by atoms with Crippen molar-refractivity contribution in [2.75, 3.05) is 0 Å². The lowest BCUT2D eigenvalue weighted by Gasteiger charge is -2.08. The van der Waals surface area contributed by atoms with Crippen LogP contribution in [0.15, 0.2) is 36.4 Å². The molecule has 0 amide bonds. The molecule has 0 saturated heterocycles. The van der Waals surface area contributed by atoms with E-state index in [1.807, 2.05) is 0 Å². The van der Waals surface area contributed by atoms with Crippen LogP contribution < -0.4 is 4.74 Å². The highest BCUT2D eigenvalue weighted by Crippen LogP contribution is 2.36. The van der Waals surface area contributed by atoms with Gasteiger partial charge in [-0.2, -0.15) is 0 Å². The topological polar surface area (TPSA) is 26.3 Å². The van der Waals surface area contributed by atoms with E-state index in [0.29, 0.717) is 5.02 Å². The molecule has 0 unspecified atom stereocenters.